The average molecular weight is 308 g/mol. The molecule has 21 heavy (non-hydrogen) atoms. The molecular formula is C15H20N2O3S. The van der Waals surface area contributed by atoms with E-state index in [9.17, 15) is 14.4 Å². The maximum atomic E-state index is 12.3. The highest BCUT2D eigenvalue weighted by Crippen LogP contribution is 2.33. The molecule has 6 heteroatoms. The lowest BCUT2D eigenvalue weighted by atomic mass is 9.99. The van der Waals surface area contributed by atoms with Crippen molar-refractivity contribution in [1.82, 2.24) is 4.90 Å². The SMILES string of the molecule is NC(=O)CCCN1CCCC(c2ccc(C=O)s2)CC1=O. The third-order valence-electron chi connectivity index (χ3n) is 3.77. The van der Waals surface area contributed by atoms with Crippen LogP contribution in [0.25, 0.3) is 0 Å². The normalized spacial score (nSPS) is 19.3. The van der Waals surface area contributed by atoms with E-state index in [1.165, 1.54) is 11.3 Å². The summed E-state index contributed by atoms with van der Waals surface area (Å²) < 4.78 is 0. The van der Waals surface area contributed by atoms with E-state index in [1.54, 1.807) is 0 Å². The zero-order valence-corrected chi connectivity index (χ0v) is 12.7. The van der Waals surface area contributed by atoms with Crippen LogP contribution in [0.4, 0.5) is 0 Å². The van der Waals surface area contributed by atoms with Gasteiger partial charge in [-0.3, -0.25) is 14.4 Å². The van der Waals surface area contributed by atoms with Crippen molar-refractivity contribution >= 4 is 29.4 Å². The van der Waals surface area contributed by atoms with Gasteiger partial charge in [0.25, 0.3) is 0 Å². The van der Waals surface area contributed by atoms with Crippen molar-refractivity contribution in [1.29, 1.82) is 0 Å². The third kappa shape index (κ3) is 4.39. The number of amides is 2. The molecular weight excluding hydrogens is 288 g/mol. The van der Waals surface area contributed by atoms with Crippen LogP contribution in [-0.2, 0) is 9.59 Å². The summed E-state index contributed by atoms with van der Waals surface area (Å²) in [5.41, 5.74) is 5.12. The fourth-order valence-electron chi connectivity index (χ4n) is 2.67. The lowest BCUT2D eigenvalue weighted by Crippen LogP contribution is -2.32. The number of hydrogen-bond donors (Lipinski definition) is 1. The van der Waals surface area contributed by atoms with Crippen molar-refractivity contribution < 1.29 is 14.4 Å². The number of carbonyl (C=O) groups excluding carboxylic acids is 3. The van der Waals surface area contributed by atoms with Gasteiger partial charge in [-0.2, -0.15) is 0 Å². The topological polar surface area (TPSA) is 80.5 Å². The zero-order chi connectivity index (χ0) is 15.2. The molecule has 0 radical (unpaired) electrons. The molecule has 2 N–H and O–H groups in total. The molecule has 1 aromatic rings. The van der Waals surface area contributed by atoms with Crippen LogP contribution >= 0.6 is 11.3 Å². The lowest BCUT2D eigenvalue weighted by molar-refractivity contribution is -0.131. The summed E-state index contributed by atoms with van der Waals surface area (Å²) in [6.07, 6.45) is 4.18. The molecule has 1 aromatic heterocycles. The molecule has 1 unspecified atom stereocenters. The van der Waals surface area contributed by atoms with E-state index >= 15 is 0 Å². The van der Waals surface area contributed by atoms with E-state index in [0.717, 1.165) is 30.5 Å². The first-order valence-electron chi connectivity index (χ1n) is 7.21. The van der Waals surface area contributed by atoms with E-state index < -0.39 is 0 Å². The predicted octanol–water partition coefficient (Wildman–Crippen LogP) is 1.92. The van der Waals surface area contributed by atoms with Gasteiger partial charge in [0.05, 0.1) is 4.88 Å². The number of thiophene rings is 1. The third-order valence-corrected chi connectivity index (χ3v) is 4.94. The van der Waals surface area contributed by atoms with Crippen LogP contribution in [0.1, 0.15) is 52.6 Å². The van der Waals surface area contributed by atoms with Crippen molar-refractivity contribution in [2.75, 3.05) is 13.1 Å². The van der Waals surface area contributed by atoms with Crippen LogP contribution < -0.4 is 5.73 Å². The van der Waals surface area contributed by atoms with Crippen LogP contribution in [-0.4, -0.2) is 36.1 Å². The molecule has 1 saturated heterocycles. The quantitative estimate of drug-likeness (QED) is 0.815. The summed E-state index contributed by atoms with van der Waals surface area (Å²) >= 11 is 1.47. The standard InChI is InChI=1S/C15H20N2O3S/c16-14(19)4-2-8-17-7-1-3-11(9-15(17)20)13-6-5-12(10-18)21-13/h5-6,10-11H,1-4,7-9H2,(H2,16,19). The summed E-state index contributed by atoms with van der Waals surface area (Å²) in [6.45, 7) is 1.33. The summed E-state index contributed by atoms with van der Waals surface area (Å²) in [5.74, 6) is 0.00971. The fraction of sp³-hybridized carbons (Fsp3) is 0.533. The highest BCUT2D eigenvalue weighted by atomic mass is 32.1. The average Bonchev–Trinajstić information content (AvgIpc) is 2.85. The second-order valence-corrected chi connectivity index (χ2v) is 6.50. The summed E-state index contributed by atoms with van der Waals surface area (Å²) in [7, 11) is 0. The number of rotatable bonds is 6. The minimum atomic E-state index is -0.324. The number of nitrogens with two attached hydrogens (primary N) is 1. The Kier molecular flexibility index (Phi) is 5.50. The minimum absolute atomic E-state index is 0.128. The van der Waals surface area contributed by atoms with Gasteiger partial charge < -0.3 is 10.6 Å². The van der Waals surface area contributed by atoms with Gasteiger partial charge >= 0.3 is 0 Å². The molecule has 2 rings (SSSR count). The van der Waals surface area contributed by atoms with Gasteiger partial charge in [0.1, 0.15) is 0 Å². The highest BCUT2D eigenvalue weighted by Gasteiger charge is 2.25. The molecule has 0 spiro atoms. The smallest absolute Gasteiger partial charge is 0.223 e. The zero-order valence-electron chi connectivity index (χ0n) is 11.9. The molecule has 1 aliphatic rings. The van der Waals surface area contributed by atoms with Crippen LogP contribution in [0, 0.1) is 0 Å². The summed E-state index contributed by atoms with van der Waals surface area (Å²) in [4.78, 5) is 37.5. The van der Waals surface area contributed by atoms with Gasteiger partial charge in [0, 0.05) is 36.7 Å². The molecule has 0 saturated carbocycles. The van der Waals surface area contributed by atoms with Gasteiger partial charge in [-0.15, -0.1) is 11.3 Å². The number of aldehydes is 1. The Balaban J connectivity index is 1.93. The van der Waals surface area contributed by atoms with Crippen molar-refractivity contribution in [3.63, 3.8) is 0 Å². The van der Waals surface area contributed by atoms with Crippen LogP contribution in [0.3, 0.4) is 0 Å². The summed E-state index contributed by atoms with van der Waals surface area (Å²) in [6, 6.07) is 3.77. The Morgan fingerprint density at radius 2 is 2.29 bits per heavy atom. The fourth-order valence-corrected chi connectivity index (χ4v) is 3.63. The molecule has 0 aliphatic carbocycles. The van der Waals surface area contributed by atoms with Gasteiger partial charge in [-0.25, -0.2) is 0 Å². The Bertz CT molecular complexity index is 527. The molecule has 5 nitrogen and oxygen atoms in total. The van der Waals surface area contributed by atoms with Crippen LogP contribution in [0.5, 0.6) is 0 Å². The minimum Gasteiger partial charge on any atom is -0.370 e. The van der Waals surface area contributed by atoms with Crippen molar-refractivity contribution in [2.24, 2.45) is 5.73 Å². The largest absolute Gasteiger partial charge is 0.370 e. The second kappa shape index (κ2) is 7.36. The lowest BCUT2D eigenvalue weighted by Gasteiger charge is -2.20. The second-order valence-electron chi connectivity index (χ2n) is 5.35. The molecule has 0 bridgehead atoms. The highest BCUT2D eigenvalue weighted by molar-refractivity contribution is 7.13. The first kappa shape index (κ1) is 15.7. The number of likely N-dealkylation sites (tertiary alicyclic amines) is 1. The molecule has 1 atom stereocenters. The summed E-state index contributed by atoms with van der Waals surface area (Å²) in [5, 5.41) is 0. The Morgan fingerprint density at radius 1 is 1.48 bits per heavy atom. The van der Waals surface area contributed by atoms with Gasteiger partial charge in [0.15, 0.2) is 6.29 Å². The molecule has 0 aromatic carbocycles. The van der Waals surface area contributed by atoms with E-state index in [-0.39, 0.29) is 17.7 Å². The maximum absolute atomic E-state index is 12.3. The molecule has 114 valence electrons. The van der Waals surface area contributed by atoms with E-state index in [4.69, 9.17) is 5.73 Å². The van der Waals surface area contributed by atoms with E-state index in [2.05, 4.69) is 0 Å². The Morgan fingerprint density at radius 3 is 2.95 bits per heavy atom. The Hall–Kier alpha value is -1.69. The van der Waals surface area contributed by atoms with Crippen molar-refractivity contribution in [2.45, 2.75) is 38.0 Å². The van der Waals surface area contributed by atoms with Gasteiger partial charge in [0.2, 0.25) is 11.8 Å². The van der Waals surface area contributed by atoms with Crippen LogP contribution in [0.2, 0.25) is 0 Å². The number of carbonyl (C=O) groups is 3. The molecule has 2 heterocycles. The van der Waals surface area contributed by atoms with Crippen LogP contribution in [0.15, 0.2) is 12.1 Å². The van der Waals surface area contributed by atoms with Crippen molar-refractivity contribution in [3.8, 4) is 0 Å². The first-order valence-corrected chi connectivity index (χ1v) is 8.03. The first-order chi connectivity index (χ1) is 10.1. The number of hydrogen-bond acceptors (Lipinski definition) is 4. The van der Waals surface area contributed by atoms with Gasteiger partial charge in [-0.1, -0.05) is 0 Å². The number of primary amides is 1. The maximum Gasteiger partial charge on any atom is 0.223 e. The molecule has 1 fully saturated rings. The van der Waals surface area contributed by atoms with Gasteiger partial charge in [-0.05, 0) is 31.4 Å². The van der Waals surface area contributed by atoms with E-state index in [0.29, 0.717) is 30.7 Å². The Labute approximate surface area is 128 Å². The monoisotopic (exact) mass is 308 g/mol. The molecule has 1 aliphatic heterocycles. The molecule has 2 amide bonds. The predicted molar refractivity (Wildman–Crippen MR) is 81.3 cm³/mol. The van der Waals surface area contributed by atoms with Crippen molar-refractivity contribution in [3.05, 3.63) is 21.9 Å². The van der Waals surface area contributed by atoms with E-state index in [1.807, 2.05) is 17.0 Å². The number of nitrogens with zero attached hydrogens (tertiary/aromatic N) is 1.